The van der Waals surface area contributed by atoms with Gasteiger partial charge in [0.15, 0.2) is 11.0 Å². The van der Waals surface area contributed by atoms with Crippen LogP contribution in [0.15, 0.2) is 82.1 Å². The van der Waals surface area contributed by atoms with Crippen LogP contribution in [0, 0.1) is 13.8 Å². The topological polar surface area (TPSA) is 29.4 Å². The first-order valence-electron chi connectivity index (χ1n) is 8.27. The van der Waals surface area contributed by atoms with Crippen molar-refractivity contribution in [3.05, 3.63) is 101 Å². The Labute approximate surface area is 151 Å². The van der Waals surface area contributed by atoms with Gasteiger partial charge in [-0.05, 0) is 49.1 Å². The lowest BCUT2D eigenvalue weighted by atomic mass is 10.0. The van der Waals surface area contributed by atoms with Gasteiger partial charge in [-0.15, -0.1) is 0 Å². The Morgan fingerprint density at radius 2 is 1.24 bits per heavy atom. The average molecular weight is 347 g/mol. The van der Waals surface area contributed by atoms with Crippen LogP contribution in [0.3, 0.4) is 0 Å². The number of hydrogen-bond donors (Lipinski definition) is 0. The fraction of sp³-hybridized carbons (Fsp3) is 0.136. The van der Waals surface area contributed by atoms with E-state index in [1.165, 1.54) is 16.7 Å². The van der Waals surface area contributed by atoms with Gasteiger partial charge in [-0.2, -0.15) is 4.40 Å². The number of aryl methyl sites for hydroxylation is 2. The second-order valence-electron chi connectivity index (χ2n) is 6.20. The summed E-state index contributed by atoms with van der Waals surface area (Å²) in [6.07, 6.45) is 2.58. The average Bonchev–Trinajstić information content (AvgIpc) is 2.63. The van der Waals surface area contributed by atoms with E-state index in [1.54, 1.807) is 6.21 Å². The lowest BCUT2D eigenvalue weighted by Crippen LogP contribution is -1.91. The van der Waals surface area contributed by atoms with E-state index in [-0.39, 0.29) is 0 Å². The molecule has 3 rings (SSSR count). The van der Waals surface area contributed by atoms with Crippen molar-refractivity contribution in [1.82, 2.24) is 0 Å². The molecule has 0 aliphatic carbocycles. The van der Waals surface area contributed by atoms with Gasteiger partial charge in [0.05, 0.1) is 4.90 Å². The zero-order valence-corrected chi connectivity index (χ0v) is 15.3. The Morgan fingerprint density at radius 1 is 0.760 bits per heavy atom. The molecule has 0 amide bonds. The fourth-order valence-corrected chi connectivity index (χ4v) is 3.20. The van der Waals surface area contributed by atoms with Crippen LogP contribution in [0.5, 0.6) is 0 Å². The van der Waals surface area contributed by atoms with Crippen LogP contribution in [-0.2, 0) is 17.4 Å². The molecule has 0 aliphatic heterocycles. The third-order valence-electron chi connectivity index (χ3n) is 4.03. The highest BCUT2D eigenvalue weighted by Gasteiger charge is 2.01. The molecule has 0 fully saturated rings. The van der Waals surface area contributed by atoms with Crippen molar-refractivity contribution in [3.63, 3.8) is 0 Å². The van der Waals surface area contributed by atoms with Crippen molar-refractivity contribution in [2.45, 2.75) is 25.2 Å². The van der Waals surface area contributed by atoms with Gasteiger partial charge < -0.3 is 0 Å². The van der Waals surface area contributed by atoms with Gasteiger partial charge in [-0.25, -0.2) is 4.21 Å². The Bertz CT molecular complexity index is 879. The molecule has 0 spiro atoms. The molecule has 0 saturated carbocycles. The predicted octanol–water partition coefficient (Wildman–Crippen LogP) is 5.04. The van der Waals surface area contributed by atoms with Crippen molar-refractivity contribution in [2.24, 2.45) is 4.40 Å². The van der Waals surface area contributed by atoms with Gasteiger partial charge in [0.25, 0.3) is 0 Å². The summed E-state index contributed by atoms with van der Waals surface area (Å²) in [4.78, 5) is 0.720. The number of hydrogen-bond acceptors (Lipinski definition) is 1. The summed E-state index contributed by atoms with van der Waals surface area (Å²) in [5.74, 6) is 0. The summed E-state index contributed by atoms with van der Waals surface area (Å²) in [6.45, 7) is 4.10. The van der Waals surface area contributed by atoms with Crippen LogP contribution in [-0.4, -0.2) is 10.4 Å². The molecule has 1 atom stereocenters. The lowest BCUT2D eigenvalue weighted by molar-refractivity contribution is 0.684. The summed E-state index contributed by atoms with van der Waals surface area (Å²) in [5.41, 5.74) is 5.92. The van der Waals surface area contributed by atoms with Crippen LogP contribution >= 0.6 is 0 Å². The maximum absolute atomic E-state index is 12.2. The Hall–Kier alpha value is -2.52. The molecule has 0 bridgehead atoms. The molecule has 1 unspecified atom stereocenters. The minimum absolute atomic E-state index is 0.720. The minimum atomic E-state index is -1.36. The molecular formula is C22H21NOS. The summed E-state index contributed by atoms with van der Waals surface area (Å²) in [5, 5.41) is 0. The Morgan fingerprint density at radius 3 is 1.80 bits per heavy atom. The molecular weight excluding hydrogens is 326 g/mol. The quantitative estimate of drug-likeness (QED) is 0.595. The predicted molar refractivity (Wildman–Crippen MR) is 106 cm³/mol. The van der Waals surface area contributed by atoms with E-state index in [0.29, 0.717) is 0 Å². The lowest BCUT2D eigenvalue weighted by Gasteiger charge is -2.03. The van der Waals surface area contributed by atoms with Crippen molar-refractivity contribution >= 4 is 17.2 Å². The largest absolute Gasteiger partial charge is 0.229 e. The minimum Gasteiger partial charge on any atom is -0.229 e. The maximum Gasteiger partial charge on any atom is 0.172 e. The van der Waals surface area contributed by atoms with Crippen LogP contribution < -0.4 is 0 Å². The fourth-order valence-electron chi connectivity index (χ4n) is 2.49. The molecule has 25 heavy (non-hydrogen) atoms. The zero-order chi connectivity index (χ0) is 17.6. The van der Waals surface area contributed by atoms with E-state index in [4.69, 9.17) is 0 Å². The second kappa shape index (κ2) is 8.04. The van der Waals surface area contributed by atoms with E-state index in [2.05, 4.69) is 47.7 Å². The third kappa shape index (κ3) is 4.97. The molecule has 0 aliphatic rings. The molecule has 2 nitrogen and oxygen atoms in total. The Balaban J connectivity index is 1.64. The smallest absolute Gasteiger partial charge is 0.172 e. The van der Waals surface area contributed by atoms with Crippen LogP contribution in [0.4, 0.5) is 0 Å². The van der Waals surface area contributed by atoms with Gasteiger partial charge in [0, 0.05) is 6.21 Å². The highest BCUT2D eigenvalue weighted by molar-refractivity contribution is 7.83. The molecule has 0 heterocycles. The number of nitrogens with zero attached hydrogens (tertiary/aromatic N) is 1. The van der Waals surface area contributed by atoms with E-state index < -0.39 is 11.0 Å². The van der Waals surface area contributed by atoms with Crippen molar-refractivity contribution in [3.8, 4) is 0 Å². The first-order valence-corrected chi connectivity index (χ1v) is 9.38. The molecule has 0 radical (unpaired) electrons. The number of benzene rings is 3. The van der Waals surface area contributed by atoms with Crippen LogP contribution in [0.25, 0.3) is 0 Å². The molecule has 0 aromatic heterocycles. The highest BCUT2D eigenvalue weighted by Crippen LogP contribution is 2.12. The number of rotatable bonds is 5. The van der Waals surface area contributed by atoms with E-state index in [1.807, 2.05) is 43.3 Å². The SMILES string of the molecule is Cc1ccc(Cc2ccc(C=NS(=O)c3ccc(C)cc3)cc2)cc1. The molecule has 3 aromatic rings. The summed E-state index contributed by atoms with van der Waals surface area (Å²) in [6, 6.07) is 24.4. The summed E-state index contributed by atoms with van der Waals surface area (Å²) in [7, 11) is -1.36. The summed E-state index contributed by atoms with van der Waals surface area (Å²) >= 11 is 0. The van der Waals surface area contributed by atoms with Crippen molar-refractivity contribution in [2.75, 3.05) is 0 Å². The van der Waals surface area contributed by atoms with Crippen molar-refractivity contribution < 1.29 is 4.21 Å². The second-order valence-corrected chi connectivity index (χ2v) is 7.38. The normalized spacial score (nSPS) is 12.4. The first kappa shape index (κ1) is 17.3. The van der Waals surface area contributed by atoms with Gasteiger partial charge in [0.2, 0.25) is 0 Å². The van der Waals surface area contributed by atoms with Crippen LogP contribution in [0.1, 0.15) is 27.8 Å². The first-order chi connectivity index (χ1) is 12.1. The van der Waals surface area contributed by atoms with E-state index in [0.717, 1.165) is 22.4 Å². The maximum atomic E-state index is 12.2. The molecule has 0 saturated heterocycles. The van der Waals surface area contributed by atoms with Crippen molar-refractivity contribution in [1.29, 1.82) is 0 Å². The van der Waals surface area contributed by atoms with E-state index in [9.17, 15) is 4.21 Å². The van der Waals surface area contributed by atoms with Gasteiger partial charge in [-0.3, -0.25) is 0 Å². The van der Waals surface area contributed by atoms with Gasteiger partial charge >= 0.3 is 0 Å². The zero-order valence-electron chi connectivity index (χ0n) is 14.5. The monoisotopic (exact) mass is 347 g/mol. The summed E-state index contributed by atoms with van der Waals surface area (Å²) < 4.78 is 16.3. The Kier molecular flexibility index (Phi) is 5.56. The molecule has 126 valence electrons. The standard InChI is InChI=1S/C22H21NOS/c1-17-3-7-19(8-4-17)15-20-9-11-21(12-10-20)16-23-25(24)22-13-5-18(2)6-14-22/h3-14,16H,15H2,1-2H3. The van der Waals surface area contributed by atoms with Gasteiger partial charge in [0.1, 0.15) is 0 Å². The molecule has 3 heteroatoms. The van der Waals surface area contributed by atoms with Crippen LogP contribution in [0.2, 0.25) is 0 Å². The molecule has 3 aromatic carbocycles. The third-order valence-corrected chi connectivity index (χ3v) is 5.00. The highest BCUT2D eigenvalue weighted by atomic mass is 32.2. The van der Waals surface area contributed by atoms with Gasteiger partial charge in [-0.1, -0.05) is 71.8 Å². The molecule has 0 N–H and O–H groups in total. The van der Waals surface area contributed by atoms with E-state index >= 15 is 0 Å².